The maximum atomic E-state index is 12.1. The van der Waals surface area contributed by atoms with Crippen molar-refractivity contribution in [1.29, 1.82) is 0 Å². The summed E-state index contributed by atoms with van der Waals surface area (Å²) in [6.45, 7) is 6.30. The van der Waals surface area contributed by atoms with Gasteiger partial charge in [0.25, 0.3) is 0 Å². The van der Waals surface area contributed by atoms with Gasteiger partial charge in [-0.1, -0.05) is 20.8 Å². The summed E-state index contributed by atoms with van der Waals surface area (Å²) in [4.78, 5) is 25.0. The summed E-state index contributed by atoms with van der Waals surface area (Å²) in [7, 11) is 1.29. The molecule has 1 saturated heterocycles. The van der Waals surface area contributed by atoms with Crippen molar-refractivity contribution in [3.05, 3.63) is 0 Å². The zero-order valence-corrected chi connectivity index (χ0v) is 12.1. The maximum absolute atomic E-state index is 12.1. The van der Waals surface area contributed by atoms with Gasteiger partial charge >= 0.3 is 5.97 Å². The maximum Gasteiger partial charge on any atom is 0.328 e. The Kier molecular flexibility index (Phi) is 5.04. The molecule has 1 N–H and O–H groups in total. The third kappa shape index (κ3) is 4.17. The lowest BCUT2D eigenvalue weighted by Gasteiger charge is -2.24. The number of ether oxygens (including phenoxy) is 1. The van der Waals surface area contributed by atoms with Crippen LogP contribution in [-0.2, 0) is 14.3 Å². The third-order valence-electron chi connectivity index (χ3n) is 2.70. The van der Waals surface area contributed by atoms with Gasteiger partial charge in [-0.25, -0.2) is 4.79 Å². The number of β-amino-alcohol motifs (C(OH)–C–C–N with tert-alkyl or cyclic N) is 1. The number of aliphatic hydroxyl groups is 1. The number of likely N-dealkylation sites (tertiary alicyclic amines) is 1. The summed E-state index contributed by atoms with van der Waals surface area (Å²) >= 11 is 1.53. The van der Waals surface area contributed by atoms with Crippen molar-refractivity contribution in [2.75, 3.05) is 19.4 Å². The quantitative estimate of drug-likeness (QED) is 0.766. The van der Waals surface area contributed by atoms with E-state index in [9.17, 15) is 14.7 Å². The first-order valence-electron chi connectivity index (χ1n) is 5.94. The zero-order valence-electron chi connectivity index (χ0n) is 11.3. The molecule has 0 spiro atoms. The predicted molar refractivity (Wildman–Crippen MR) is 70.4 cm³/mol. The number of nitrogens with zero attached hydrogens (tertiary/aromatic N) is 1. The Balaban J connectivity index is 2.62. The van der Waals surface area contributed by atoms with Crippen LogP contribution in [0.4, 0.5) is 0 Å². The molecular formula is C12H21NO4S. The van der Waals surface area contributed by atoms with Gasteiger partial charge in [0.15, 0.2) is 0 Å². The average molecular weight is 275 g/mol. The van der Waals surface area contributed by atoms with E-state index in [1.807, 2.05) is 20.8 Å². The van der Waals surface area contributed by atoms with Crippen LogP contribution >= 0.6 is 11.8 Å². The number of thioether (sulfide) groups is 1. The zero-order chi connectivity index (χ0) is 13.9. The molecule has 0 aromatic carbocycles. The molecule has 2 atom stereocenters. The van der Waals surface area contributed by atoms with E-state index < -0.39 is 18.1 Å². The number of amides is 1. The fourth-order valence-corrected chi connectivity index (χ4v) is 2.53. The highest BCUT2D eigenvalue weighted by Crippen LogP contribution is 2.26. The highest BCUT2D eigenvalue weighted by molar-refractivity contribution is 8.01. The molecule has 1 aliphatic rings. The van der Waals surface area contributed by atoms with E-state index in [1.54, 1.807) is 0 Å². The van der Waals surface area contributed by atoms with Gasteiger partial charge in [0.2, 0.25) is 5.91 Å². The minimum atomic E-state index is -0.641. The Morgan fingerprint density at radius 2 is 2.06 bits per heavy atom. The topological polar surface area (TPSA) is 66.8 Å². The number of hydrogen-bond acceptors (Lipinski definition) is 5. The van der Waals surface area contributed by atoms with Gasteiger partial charge in [-0.15, -0.1) is 11.8 Å². The molecule has 5 nitrogen and oxygen atoms in total. The molecule has 1 heterocycles. The number of methoxy groups -OCH3 is 1. The second-order valence-corrected chi connectivity index (χ2v) is 7.18. The Bertz CT molecular complexity index is 327. The molecule has 1 aliphatic heterocycles. The van der Waals surface area contributed by atoms with E-state index in [4.69, 9.17) is 0 Å². The van der Waals surface area contributed by atoms with Gasteiger partial charge in [0, 0.05) is 17.7 Å². The van der Waals surface area contributed by atoms with Crippen LogP contribution in [0.3, 0.4) is 0 Å². The Morgan fingerprint density at radius 1 is 1.44 bits per heavy atom. The van der Waals surface area contributed by atoms with Crippen molar-refractivity contribution in [3.8, 4) is 0 Å². The Hall–Kier alpha value is -0.750. The molecule has 6 heteroatoms. The number of carbonyl (C=O) groups is 2. The van der Waals surface area contributed by atoms with Gasteiger partial charge in [-0.3, -0.25) is 4.79 Å². The van der Waals surface area contributed by atoms with Crippen molar-refractivity contribution in [1.82, 2.24) is 4.90 Å². The highest BCUT2D eigenvalue weighted by Gasteiger charge is 2.39. The standard InChI is InChI=1S/C12H21NO4S/c1-12(2,3)18-7-10(15)13-6-8(14)5-9(13)11(16)17-4/h8-9,14H,5-7H2,1-4H3. The smallest absolute Gasteiger partial charge is 0.328 e. The van der Waals surface area contributed by atoms with E-state index in [-0.39, 0.29) is 23.6 Å². The van der Waals surface area contributed by atoms with Crippen LogP contribution < -0.4 is 0 Å². The monoisotopic (exact) mass is 275 g/mol. The van der Waals surface area contributed by atoms with E-state index >= 15 is 0 Å². The van der Waals surface area contributed by atoms with Crippen molar-refractivity contribution < 1.29 is 19.4 Å². The fraction of sp³-hybridized carbons (Fsp3) is 0.833. The van der Waals surface area contributed by atoms with Gasteiger partial charge in [0.1, 0.15) is 6.04 Å². The average Bonchev–Trinajstić information content (AvgIpc) is 2.66. The molecule has 1 fully saturated rings. The summed E-state index contributed by atoms with van der Waals surface area (Å²) in [5.74, 6) is -0.272. The number of hydrogen-bond donors (Lipinski definition) is 1. The summed E-state index contributed by atoms with van der Waals surface area (Å²) in [5.41, 5.74) is 0. The van der Waals surface area contributed by atoms with Crippen LogP contribution in [0.15, 0.2) is 0 Å². The Morgan fingerprint density at radius 3 is 2.56 bits per heavy atom. The molecule has 1 amide bonds. The minimum Gasteiger partial charge on any atom is -0.467 e. The van der Waals surface area contributed by atoms with Crippen LogP contribution in [0.2, 0.25) is 0 Å². The normalized spacial score (nSPS) is 24.2. The van der Waals surface area contributed by atoms with Crippen LogP contribution in [0.1, 0.15) is 27.2 Å². The van der Waals surface area contributed by atoms with Gasteiger partial charge in [-0.05, 0) is 0 Å². The largest absolute Gasteiger partial charge is 0.467 e. The molecule has 1 rings (SSSR count). The van der Waals surface area contributed by atoms with Crippen molar-refractivity contribution >= 4 is 23.6 Å². The molecule has 0 aromatic rings. The lowest BCUT2D eigenvalue weighted by Crippen LogP contribution is -2.42. The van der Waals surface area contributed by atoms with Crippen LogP contribution in [0.25, 0.3) is 0 Å². The molecule has 0 radical (unpaired) electrons. The summed E-state index contributed by atoms with van der Waals surface area (Å²) in [6, 6.07) is -0.641. The van der Waals surface area contributed by atoms with Crippen molar-refractivity contribution in [3.63, 3.8) is 0 Å². The predicted octanol–water partition coefficient (Wildman–Crippen LogP) is 0.653. The van der Waals surface area contributed by atoms with E-state index in [0.29, 0.717) is 5.75 Å². The molecule has 0 saturated carbocycles. The molecule has 18 heavy (non-hydrogen) atoms. The van der Waals surface area contributed by atoms with Gasteiger partial charge in [0.05, 0.1) is 19.0 Å². The molecule has 2 unspecified atom stereocenters. The highest BCUT2D eigenvalue weighted by atomic mass is 32.2. The number of rotatable bonds is 3. The first-order chi connectivity index (χ1) is 8.24. The van der Waals surface area contributed by atoms with Crippen LogP contribution in [-0.4, -0.2) is 58.2 Å². The summed E-state index contributed by atoms with van der Waals surface area (Å²) in [6.07, 6.45) is -0.379. The molecule has 104 valence electrons. The number of aliphatic hydroxyl groups excluding tert-OH is 1. The lowest BCUT2D eigenvalue weighted by molar-refractivity contribution is -0.150. The summed E-state index contributed by atoms with van der Waals surface area (Å²) < 4.78 is 4.65. The van der Waals surface area contributed by atoms with Gasteiger partial charge < -0.3 is 14.7 Å². The SMILES string of the molecule is COC(=O)C1CC(O)CN1C(=O)CSC(C)(C)C. The van der Waals surface area contributed by atoms with Crippen LogP contribution in [0, 0.1) is 0 Å². The van der Waals surface area contributed by atoms with Crippen LogP contribution in [0.5, 0.6) is 0 Å². The number of carbonyl (C=O) groups excluding carboxylic acids is 2. The van der Waals surface area contributed by atoms with Crippen molar-refractivity contribution in [2.24, 2.45) is 0 Å². The molecule has 0 bridgehead atoms. The van der Waals surface area contributed by atoms with E-state index in [2.05, 4.69) is 4.74 Å². The second kappa shape index (κ2) is 5.93. The second-order valence-electron chi connectivity index (χ2n) is 5.38. The lowest BCUT2D eigenvalue weighted by atomic mass is 10.2. The Labute approximate surface area is 112 Å². The third-order valence-corrected chi connectivity index (χ3v) is 3.96. The first-order valence-corrected chi connectivity index (χ1v) is 6.92. The minimum absolute atomic E-state index is 0.00520. The first kappa shape index (κ1) is 15.3. The fourth-order valence-electron chi connectivity index (χ4n) is 1.81. The summed E-state index contributed by atoms with van der Waals surface area (Å²) in [5, 5.41) is 9.58. The van der Waals surface area contributed by atoms with E-state index in [1.165, 1.54) is 23.8 Å². The molecule has 0 aliphatic carbocycles. The van der Waals surface area contributed by atoms with Crippen molar-refractivity contribution in [2.45, 2.75) is 44.1 Å². The number of esters is 1. The van der Waals surface area contributed by atoms with Gasteiger partial charge in [-0.2, -0.15) is 0 Å². The molecular weight excluding hydrogens is 254 g/mol. The molecule has 0 aromatic heterocycles. The van der Waals surface area contributed by atoms with E-state index in [0.717, 1.165) is 0 Å².